The van der Waals surface area contributed by atoms with E-state index in [0.717, 1.165) is 45.6 Å². The molecule has 1 N–H and O–H groups in total. The molecule has 0 bridgehead atoms. The maximum atomic E-state index is 12.5. The highest BCUT2D eigenvalue weighted by molar-refractivity contribution is 7.10. The molecule has 20 heavy (non-hydrogen) atoms. The molecule has 2 aliphatic rings. The zero-order valence-electron chi connectivity index (χ0n) is 12.1. The number of carbonyl (C=O) groups excluding carboxylic acids is 1. The molecule has 0 aromatic carbocycles. The molecule has 0 saturated carbocycles. The normalized spacial score (nSPS) is 19.0. The molecular weight excluding hydrogens is 270 g/mol. The number of thiophene rings is 1. The standard InChI is InChI=1S/C15H23N3OS/c1-2-5-17(13-8-16-9-13)11-15(19)18-6-3-14-12(10-18)4-7-20-14/h4,7,13,16H,2-3,5-6,8-11H2,1H3. The summed E-state index contributed by atoms with van der Waals surface area (Å²) in [5, 5.41) is 5.44. The van der Waals surface area contributed by atoms with Crippen LogP contribution in [-0.2, 0) is 17.8 Å². The van der Waals surface area contributed by atoms with Crippen LogP contribution in [0.2, 0.25) is 0 Å². The molecule has 2 aliphatic heterocycles. The van der Waals surface area contributed by atoms with E-state index in [2.05, 4.69) is 28.6 Å². The van der Waals surface area contributed by atoms with Crippen molar-refractivity contribution in [3.8, 4) is 0 Å². The van der Waals surface area contributed by atoms with Gasteiger partial charge in [-0.25, -0.2) is 0 Å². The second-order valence-corrected chi connectivity index (χ2v) is 6.72. The summed E-state index contributed by atoms with van der Waals surface area (Å²) in [6.45, 7) is 7.54. The molecule has 0 atom stereocenters. The Bertz CT molecular complexity index is 469. The van der Waals surface area contributed by atoms with Gasteiger partial charge in [-0.2, -0.15) is 0 Å². The second-order valence-electron chi connectivity index (χ2n) is 5.72. The van der Waals surface area contributed by atoms with E-state index in [1.54, 1.807) is 0 Å². The van der Waals surface area contributed by atoms with Crippen LogP contribution in [0.5, 0.6) is 0 Å². The van der Waals surface area contributed by atoms with Gasteiger partial charge in [-0.1, -0.05) is 6.92 Å². The first-order valence-electron chi connectivity index (χ1n) is 7.55. The lowest BCUT2D eigenvalue weighted by Crippen LogP contribution is -2.59. The van der Waals surface area contributed by atoms with Gasteiger partial charge < -0.3 is 10.2 Å². The Labute approximate surface area is 124 Å². The first kappa shape index (κ1) is 14.0. The van der Waals surface area contributed by atoms with Gasteiger partial charge in [0.2, 0.25) is 5.91 Å². The first-order chi connectivity index (χ1) is 9.78. The van der Waals surface area contributed by atoms with Gasteiger partial charge >= 0.3 is 0 Å². The fraction of sp³-hybridized carbons (Fsp3) is 0.667. The number of amides is 1. The summed E-state index contributed by atoms with van der Waals surface area (Å²) in [5.41, 5.74) is 1.35. The smallest absolute Gasteiger partial charge is 0.237 e. The number of nitrogens with zero attached hydrogens (tertiary/aromatic N) is 2. The lowest BCUT2D eigenvalue weighted by molar-refractivity contribution is -0.134. The Kier molecular flexibility index (Phi) is 4.38. The van der Waals surface area contributed by atoms with Crippen LogP contribution in [0.25, 0.3) is 0 Å². The molecule has 1 saturated heterocycles. The van der Waals surface area contributed by atoms with Crippen LogP contribution in [0.4, 0.5) is 0 Å². The van der Waals surface area contributed by atoms with Gasteiger partial charge in [0.1, 0.15) is 0 Å². The lowest BCUT2D eigenvalue weighted by atomic mass is 10.1. The molecule has 3 rings (SSSR count). The van der Waals surface area contributed by atoms with Gasteiger partial charge in [-0.3, -0.25) is 9.69 Å². The highest BCUT2D eigenvalue weighted by atomic mass is 32.1. The molecule has 110 valence electrons. The van der Waals surface area contributed by atoms with Crippen LogP contribution in [0, 0.1) is 0 Å². The Morgan fingerprint density at radius 3 is 3.10 bits per heavy atom. The molecule has 5 heteroatoms. The third kappa shape index (κ3) is 2.90. The second kappa shape index (κ2) is 6.24. The maximum absolute atomic E-state index is 12.5. The largest absolute Gasteiger partial charge is 0.337 e. The van der Waals surface area contributed by atoms with Crippen LogP contribution >= 0.6 is 11.3 Å². The zero-order valence-corrected chi connectivity index (χ0v) is 12.9. The Morgan fingerprint density at radius 2 is 2.40 bits per heavy atom. The molecule has 1 aromatic heterocycles. The summed E-state index contributed by atoms with van der Waals surface area (Å²) in [5.74, 6) is 0.294. The number of nitrogens with one attached hydrogen (secondary N) is 1. The highest BCUT2D eigenvalue weighted by Gasteiger charge is 2.28. The van der Waals surface area contributed by atoms with E-state index < -0.39 is 0 Å². The van der Waals surface area contributed by atoms with Crippen LogP contribution in [-0.4, -0.2) is 54.5 Å². The molecule has 0 radical (unpaired) electrons. The highest BCUT2D eigenvalue weighted by Crippen LogP contribution is 2.24. The topological polar surface area (TPSA) is 35.6 Å². The van der Waals surface area contributed by atoms with Crippen molar-refractivity contribution in [2.24, 2.45) is 0 Å². The Balaban J connectivity index is 1.58. The molecular formula is C15H23N3OS. The Hall–Kier alpha value is -0.910. The van der Waals surface area contributed by atoms with Crippen molar-refractivity contribution in [2.45, 2.75) is 32.4 Å². The number of rotatable bonds is 5. The van der Waals surface area contributed by atoms with E-state index in [-0.39, 0.29) is 0 Å². The molecule has 1 fully saturated rings. The third-order valence-corrected chi connectivity index (χ3v) is 5.31. The molecule has 1 aromatic rings. The maximum Gasteiger partial charge on any atom is 0.237 e. The first-order valence-corrected chi connectivity index (χ1v) is 8.43. The minimum atomic E-state index is 0.294. The minimum Gasteiger partial charge on any atom is -0.337 e. The van der Waals surface area contributed by atoms with Gasteiger partial charge in [-0.05, 0) is 36.4 Å². The van der Waals surface area contributed by atoms with Gasteiger partial charge in [-0.15, -0.1) is 11.3 Å². The quantitative estimate of drug-likeness (QED) is 0.889. The van der Waals surface area contributed by atoms with Crippen molar-refractivity contribution >= 4 is 17.2 Å². The van der Waals surface area contributed by atoms with Crippen LogP contribution in [0.3, 0.4) is 0 Å². The molecule has 0 spiro atoms. The van der Waals surface area contributed by atoms with E-state index in [1.807, 2.05) is 16.2 Å². The summed E-state index contributed by atoms with van der Waals surface area (Å²) in [6.07, 6.45) is 2.13. The SMILES string of the molecule is CCCN(CC(=O)N1CCc2sccc2C1)C1CNC1. The van der Waals surface area contributed by atoms with Crippen molar-refractivity contribution in [2.75, 3.05) is 32.7 Å². The van der Waals surface area contributed by atoms with Crippen LogP contribution < -0.4 is 5.32 Å². The van der Waals surface area contributed by atoms with Crippen molar-refractivity contribution in [1.82, 2.24) is 15.1 Å². The average Bonchev–Trinajstić information content (AvgIpc) is 2.83. The predicted octanol–water partition coefficient (Wildman–Crippen LogP) is 1.32. The summed E-state index contributed by atoms with van der Waals surface area (Å²) < 4.78 is 0. The third-order valence-electron chi connectivity index (χ3n) is 4.29. The van der Waals surface area contributed by atoms with Crippen molar-refractivity contribution in [3.05, 3.63) is 21.9 Å². The summed E-state index contributed by atoms with van der Waals surface area (Å²) in [7, 11) is 0. The molecule has 3 heterocycles. The molecule has 0 unspecified atom stereocenters. The monoisotopic (exact) mass is 293 g/mol. The van der Waals surface area contributed by atoms with E-state index in [0.29, 0.717) is 18.5 Å². The Morgan fingerprint density at radius 1 is 1.55 bits per heavy atom. The summed E-state index contributed by atoms with van der Waals surface area (Å²) >= 11 is 1.82. The van der Waals surface area contributed by atoms with E-state index in [1.165, 1.54) is 10.4 Å². The van der Waals surface area contributed by atoms with E-state index >= 15 is 0 Å². The summed E-state index contributed by atoms with van der Waals surface area (Å²) in [6, 6.07) is 2.72. The van der Waals surface area contributed by atoms with Gasteiger partial charge in [0, 0.05) is 37.1 Å². The van der Waals surface area contributed by atoms with Gasteiger partial charge in [0.05, 0.1) is 6.54 Å². The zero-order chi connectivity index (χ0) is 13.9. The number of fused-ring (bicyclic) bond motifs is 1. The molecule has 1 amide bonds. The fourth-order valence-corrected chi connectivity index (χ4v) is 3.83. The minimum absolute atomic E-state index is 0.294. The number of hydrogen-bond acceptors (Lipinski definition) is 4. The number of hydrogen-bond donors (Lipinski definition) is 1. The van der Waals surface area contributed by atoms with Crippen LogP contribution in [0.15, 0.2) is 11.4 Å². The van der Waals surface area contributed by atoms with Gasteiger partial charge in [0.15, 0.2) is 0 Å². The van der Waals surface area contributed by atoms with Crippen molar-refractivity contribution < 1.29 is 4.79 Å². The number of carbonyl (C=O) groups is 1. The molecule has 4 nitrogen and oxygen atoms in total. The van der Waals surface area contributed by atoms with E-state index in [4.69, 9.17) is 0 Å². The van der Waals surface area contributed by atoms with E-state index in [9.17, 15) is 4.79 Å². The molecule has 0 aliphatic carbocycles. The fourth-order valence-electron chi connectivity index (χ4n) is 2.94. The average molecular weight is 293 g/mol. The van der Waals surface area contributed by atoms with Crippen molar-refractivity contribution in [1.29, 1.82) is 0 Å². The summed E-state index contributed by atoms with van der Waals surface area (Å²) in [4.78, 5) is 18.4. The lowest BCUT2D eigenvalue weighted by Gasteiger charge is -2.39. The van der Waals surface area contributed by atoms with Crippen LogP contribution in [0.1, 0.15) is 23.8 Å². The van der Waals surface area contributed by atoms with Gasteiger partial charge in [0.25, 0.3) is 0 Å². The predicted molar refractivity (Wildman–Crippen MR) is 82.0 cm³/mol. The van der Waals surface area contributed by atoms with Crippen molar-refractivity contribution in [3.63, 3.8) is 0 Å².